The van der Waals surface area contributed by atoms with Crippen molar-refractivity contribution >= 4 is 0 Å². The van der Waals surface area contributed by atoms with Gasteiger partial charge in [-0.05, 0) is 107 Å². The van der Waals surface area contributed by atoms with Crippen LogP contribution >= 0.6 is 0 Å². The van der Waals surface area contributed by atoms with Gasteiger partial charge < -0.3 is 0 Å². The van der Waals surface area contributed by atoms with Crippen LogP contribution < -0.4 is 0 Å². The summed E-state index contributed by atoms with van der Waals surface area (Å²) >= 11 is 0. The predicted octanol–water partition coefficient (Wildman–Crippen LogP) is 7.34. The largest absolute Gasteiger partial charge is 0.0762 e. The second kappa shape index (κ2) is 12.6. The second-order valence-corrected chi connectivity index (χ2v) is 8.91. The molecule has 0 heterocycles. The van der Waals surface area contributed by atoms with E-state index in [0.29, 0.717) is 0 Å². The van der Waals surface area contributed by atoms with Crippen molar-refractivity contribution in [2.24, 2.45) is 23.7 Å². The van der Waals surface area contributed by atoms with Gasteiger partial charge in [0, 0.05) is 28.6 Å². The molecule has 3 atom stereocenters. The van der Waals surface area contributed by atoms with Gasteiger partial charge in [-0.3, -0.25) is 0 Å². The fourth-order valence-electron chi connectivity index (χ4n) is 4.91. The van der Waals surface area contributed by atoms with E-state index in [1.807, 2.05) is 0 Å². The first-order valence-corrected chi connectivity index (χ1v) is 11.1. The Morgan fingerprint density at radius 3 is 2.04 bits per heavy atom. The fraction of sp³-hybridized carbons (Fsp3) is 0.519. The van der Waals surface area contributed by atoms with Crippen molar-refractivity contribution in [3.8, 4) is 0 Å². The summed E-state index contributed by atoms with van der Waals surface area (Å²) in [4.78, 5) is 0. The van der Waals surface area contributed by atoms with E-state index in [9.17, 15) is 0 Å². The third-order valence-electron chi connectivity index (χ3n) is 6.47. The molecule has 0 amide bonds. The van der Waals surface area contributed by atoms with Gasteiger partial charge in [0.25, 0.3) is 0 Å². The minimum Gasteiger partial charge on any atom is -0.0762 e. The second-order valence-electron chi connectivity index (χ2n) is 8.91. The smallest absolute Gasteiger partial charge is 0.0161 e. The van der Waals surface area contributed by atoms with Crippen LogP contribution in [0.3, 0.4) is 0 Å². The molecule has 10 radical (unpaired) electrons. The molecule has 3 saturated carbocycles. The molecule has 0 aliphatic heterocycles. The Bertz CT molecular complexity index is 453. The number of rotatable bonds is 2. The molecule has 3 fully saturated rings. The maximum atomic E-state index is 2.43. The third kappa shape index (κ3) is 6.76. The molecular weight excluding hydrogens is 383 g/mol. The van der Waals surface area contributed by atoms with E-state index < -0.39 is 0 Å². The summed E-state index contributed by atoms with van der Waals surface area (Å²) in [6.45, 7) is 7.23. The van der Waals surface area contributed by atoms with Gasteiger partial charge in [0.15, 0.2) is 0 Å². The zero-order valence-corrected chi connectivity index (χ0v) is 18.9. The summed E-state index contributed by atoms with van der Waals surface area (Å²) in [5, 5.41) is 0. The minimum absolute atomic E-state index is 0. The van der Waals surface area contributed by atoms with Crippen LogP contribution in [0.2, 0.25) is 0 Å². The van der Waals surface area contributed by atoms with Gasteiger partial charge in [-0.2, -0.15) is 0 Å². The summed E-state index contributed by atoms with van der Waals surface area (Å²) < 4.78 is 0. The molecule has 0 bridgehead atoms. The van der Waals surface area contributed by atoms with Crippen LogP contribution in [-0.2, 0) is 16.8 Å². The van der Waals surface area contributed by atoms with E-state index in [0.717, 1.165) is 23.7 Å². The van der Waals surface area contributed by atoms with Crippen molar-refractivity contribution in [3.63, 3.8) is 0 Å². The van der Waals surface area contributed by atoms with Crippen LogP contribution in [0.5, 0.6) is 0 Å². The number of hydrogen-bond donors (Lipinski definition) is 0. The van der Waals surface area contributed by atoms with Gasteiger partial charge in [-0.1, -0.05) is 51.5 Å². The molecule has 0 aromatic rings. The van der Waals surface area contributed by atoms with Crippen LogP contribution in [0, 0.1) is 80.0 Å². The van der Waals surface area contributed by atoms with Crippen molar-refractivity contribution in [2.75, 3.05) is 0 Å². The summed E-state index contributed by atoms with van der Waals surface area (Å²) in [6, 6.07) is 0. The summed E-state index contributed by atoms with van der Waals surface area (Å²) in [5.41, 5.74) is 0. The quantitative estimate of drug-likeness (QED) is 0.438. The Kier molecular flexibility index (Phi) is 10.9. The van der Waals surface area contributed by atoms with E-state index in [4.69, 9.17) is 0 Å². The Labute approximate surface area is 186 Å². The first-order chi connectivity index (χ1) is 13.2. The Morgan fingerprint density at radius 2 is 1.43 bits per heavy atom. The Balaban J connectivity index is 0.000000264. The molecule has 28 heavy (non-hydrogen) atoms. The van der Waals surface area contributed by atoms with Crippen LogP contribution in [0.1, 0.15) is 65.7 Å². The van der Waals surface area contributed by atoms with E-state index in [2.05, 4.69) is 83.6 Å². The molecule has 4 aliphatic carbocycles. The number of allylic oxidation sites excluding steroid dienone is 4. The first kappa shape index (κ1) is 24.3. The molecule has 1 heteroatoms. The molecule has 1 unspecified atom stereocenters. The van der Waals surface area contributed by atoms with Gasteiger partial charge in [0.1, 0.15) is 0 Å². The molecule has 0 saturated heterocycles. The molecule has 0 aromatic carbocycles. The van der Waals surface area contributed by atoms with Gasteiger partial charge in [0.2, 0.25) is 0 Å². The molecule has 4 rings (SSSR count). The maximum Gasteiger partial charge on any atom is 0.0161 e. The van der Waals surface area contributed by atoms with Gasteiger partial charge in [0.05, 0.1) is 0 Å². The standard InChI is InChI=1S/C19H25.C8H12.Co/c1-13(2)16-10-8-14(3)12-19(16)18-11-9-15-6-4-5-7-17(15)18;1-2-4-6-8-7-5-3-1;/h4-7,9,11,13-14,16,19H,8,10,12H2,1-3H3;1-2,7-8H,3-6H2;/t14-,16+,19?;;/m0../s1. The van der Waals surface area contributed by atoms with Crippen molar-refractivity contribution in [2.45, 2.75) is 65.7 Å². The molecule has 0 N–H and O–H groups in total. The van der Waals surface area contributed by atoms with Gasteiger partial charge in [-0.25, -0.2) is 0 Å². The third-order valence-corrected chi connectivity index (χ3v) is 6.47. The van der Waals surface area contributed by atoms with E-state index >= 15 is 0 Å². The van der Waals surface area contributed by atoms with Crippen LogP contribution in [0.15, 0.2) is 24.3 Å². The molecular formula is C27H37Co. The van der Waals surface area contributed by atoms with Crippen LogP contribution in [0.4, 0.5) is 0 Å². The van der Waals surface area contributed by atoms with Gasteiger partial charge in [-0.15, -0.1) is 0 Å². The average Bonchev–Trinajstić information content (AvgIpc) is 3.05. The van der Waals surface area contributed by atoms with Crippen molar-refractivity contribution in [3.05, 3.63) is 80.6 Å². The SMILES string of the molecule is CC(C)[C@H]1CC[C@H](C)CC1[C]1[CH][CH][C]2C=CC=C[C]21.[CH]1[CH]CC[CH][CH]CC1.[Co]. The van der Waals surface area contributed by atoms with Gasteiger partial charge >= 0.3 is 0 Å². The Morgan fingerprint density at radius 1 is 0.821 bits per heavy atom. The van der Waals surface area contributed by atoms with E-state index in [-0.39, 0.29) is 16.8 Å². The van der Waals surface area contributed by atoms with Crippen molar-refractivity contribution < 1.29 is 16.8 Å². The van der Waals surface area contributed by atoms with E-state index in [1.165, 1.54) is 56.8 Å². The van der Waals surface area contributed by atoms with E-state index in [1.54, 1.807) is 5.92 Å². The average molecular weight is 421 g/mol. The normalized spacial score (nSPS) is 32.1. The predicted molar refractivity (Wildman–Crippen MR) is 117 cm³/mol. The topological polar surface area (TPSA) is 0 Å². The molecule has 4 aliphatic rings. The van der Waals surface area contributed by atoms with Crippen LogP contribution in [-0.4, -0.2) is 0 Å². The zero-order chi connectivity index (χ0) is 19.1. The molecule has 0 nitrogen and oxygen atoms in total. The Hall–Kier alpha value is -0.0135. The number of hydrogen-bond acceptors (Lipinski definition) is 0. The first-order valence-electron chi connectivity index (χ1n) is 11.1. The number of fused-ring (bicyclic) bond motifs is 1. The molecule has 0 aromatic heterocycles. The summed E-state index contributed by atoms with van der Waals surface area (Å²) in [7, 11) is 0. The van der Waals surface area contributed by atoms with Crippen LogP contribution in [0.25, 0.3) is 0 Å². The molecule has 0 spiro atoms. The van der Waals surface area contributed by atoms with Crippen molar-refractivity contribution in [1.29, 1.82) is 0 Å². The fourth-order valence-corrected chi connectivity index (χ4v) is 4.91. The minimum atomic E-state index is 0. The summed E-state index contributed by atoms with van der Waals surface area (Å²) in [6.07, 6.45) is 31.8. The monoisotopic (exact) mass is 420 g/mol. The van der Waals surface area contributed by atoms with Crippen molar-refractivity contribution in [1.82, 2.24) is 0 Å². The molecule has 154 valence electrons. The maximum absolute atomic E-state index is 2.43. The zero-order valence-electron chi connectivity index (χ0n) is 17.9. The summed E-state index contributed by atoms with van der Waals surface area (Å²) in [5.74, 6) is 7.83.